The molecule has 1 heterocycles. The van der Waals surface area contributed by atoms with Gasteiger partial charge >= 0.3 is 5.97 Å². The molecule has 0 radical (unpaired) electrons. The number of carboxylic acids is 1. The number of aryl methyl sites for hydroxylation is 1. The fourth-order valence-electron chi connectivity index (χ4n) is 2.69. The van der Waals surface area contributed by atoms with E-state index in [1.54, 1.807) is 38.1 Å². The normalized spacial score (nSPS) is 11.3. The standard InChI is InChI=1S/C17H21N3O5S/c1-4-20(26(3,24)25)13-7-5-12(6-8-13)9-15-18-11(2)14(10-16(21)22)17(23)19-15/h5-8H,4,9-10H2,1-3H3,(H,21,22)(H,18,19,23). The van der Waals surface area contributed by atoms with Crippen LogP contribution in [0.15, 0.2) is 29.1 Å². The number of H-pyrrole nitrogens is 1. The summed E-state index contributed by atoms with van der Waals surface area (Å²) in [4.78, 5) is 29.7. The number of nitrogens with one attached hydrogen (secondary N) is 1. The third kappa shape index (κ3) is 4.69. The van der Waals surface area contributed by atoms with E-state index < -0.39 is 21.6 Å². The second-order valence-corrected chi connectivity index (χ2v) is 7.82. The molecule has 0 spiro atoms. The number of carbonyl (C=O) groups is 1. The Kier molecular flexibility index (Phi) is 5.81. The largest absolute Gasteiger partial charge is 0.481 e. The van der Waals surface area contributed by atoms with Crippen LogP contribution < -0.4 is 9.86 Å². The lowest BCUT2D eigenvalue weighted by molar-refractivity contribution is -0.136. The molecule has 8 nitrogen and oxygen atoms in total. The minimum Gasteiger partial charge on any atom is -0.481 e. The second-order valence-electron chi connectivity index (χ2n) is 5.92. The molecular formula is C17H21N3O5S. The summed E-state index contributed by atoms with van der Waals surface area (Å²) in [6.45, 7) is 3.69. The van der Waals surface area contributed by atoms with Crippen LogP contribution >= 0.6 is 0 Å². The zero-order valence-corrected chi connectivity index (χ0v) is 15.6. The fraction of sp³-hybridized carbons (Fsp3) is 0.353. The molecule has 0 aliphatic carbocycles. The van der Waals surface area contributed by atoms with Crippen LogP contribution in [0, 0.1) is 6.92 Å². The van der Waals surface area contributed by atoms with Crippen molar-refractivity contribution < 1.29 is 18.3 Å². The zero-order chi connectivity index (χ0) is 19.5. The van der Waals surface area contributed by atoms with Crippen LogP contribution in [-0.2, 0) is 27.7 Å². The van der Waals surface area contributed by atoms with Gasteiger partial charge in [0, 0.05) is 24.2 Å². The summed E-state index contributed by atoms with van der Waals surface area (Å²) in [5, 5.41) is 8.84. The number of carboxylic acid groups (broad SMARTS) is 1. The van der Waals surface area contributed by atoms with E-state index in [4.69, 9.17) is 5.11 Å². The molecule has 0 amide bonds. The van der Waals surface area contributed by atoms with Gasteiger partial charge in [-0.2, -0.15) is 0 Å². The highest BCUT2D eigenvalue weighted by atomic mass is 32.2. The molecule has 140 valence electrons. The van der Waals surface area contributed by atoms with Gasteiger partial charge in [-0.1, -0.05) is 12.1 Å². The van der Waals surface area contributed by atoms with E-state index in [2.05, 4.69) is 9.97 Å². The van der Waals surface area contributed by atoms with Crippen LogP contribution in [0.4, 0.5) is 5.69 Å². The van der Waals surface area contributed by atoms with Crippen molar-refractivity contribution in [3.63, 3.8) is 0 Å². The molecule has 1 aromatic heterocycles. The van der Waals surface area contributed by atoms with E-state index >= 15 is 0 Å². The van der Waals surface area contributed by atoms with Crippen molar-refractivity contribution in [3.8, 4) is 0 Å². The Morgan fingerprint density at radius 2 is 1.88 bits per heavy atom. The smallest absolute Gasteiger partial charge is 0.308 e. The molecule has 2 rings (SSSR count). The number of sulfonamides is 1. The summed E-state index contributed by atoms with van der Waals surface area (Å²) < 4.78 is 24.8. The minimum atomic E-state index is -3.34. The van der Waals surface area contributed by atoms with Crippen LogP contribution in [0.5, 0.6) is 0 Å². The summed E-state index contributed by atoms with van der Waals surface area (Å²) >= 11 is 0. The Labute approximate surface area is 151 Å². The van der Waals surface area contributed by atoms with Gasteiger partial charge in [-0.15, -0.1) is 0 Å². The first-order valence-electron chi connectivity index (χ1n) is 7.99. The topological polar surface area (TPSA) is 120 Å². The minimum absolute atomic E-state index is 0.142. The first kappa shape index (κ1) is 19.6. The quantitative estimate of drug-likeness (QED) is 0.743. The Morgan fingerprint density at radius 1 is 1.27 bits per heavy atom. The summed E-state index contributed by atoms with van der Waals surface area (Å²) in [6.07, 6.45) is 1.12. The van der Waals surface area contributed by atoms with Gasteiger partial charge in [0.2, 0.25) is 10.0 Å². The highest BCUT2D eigenvalue weighted by Gasteiger charge is 2.15. The predicted molar refractivity (Wildman–Crippen MR) is 98.0 cm³/mol. The van der Waals surface area contributed by atoms with Crippen LogP contribution in [0.1, 0.15) is 29.6 Å². The third-order valence-electron chi connectivity index (χ3n) is 3.88. The van der Waals surface area contributed by atoms with E-state index in [-0.39, 0.29) is 12.0 Å². The van der Waals surface area contributed by atoms with Crippen molar-refractivity contribution in [2.24, 2.45) is 0 Å². The van der Waals surface area contributed by atoms with Crippen molar-refractivity contribution in [3.05, 3.63) is 57.3 Å². The van der Waals surface area contributed by atoms with Gasteiger partial charge < -0.3 is 10.1 Å². The number of hydrogen-bond donors (Lipinski definition) is 2. The van der Waals surface area contributed by atoms with Gasteiger partial charge in [0.25, 0.3) is 5.56 Å². The first-order valence-corrected chi connectivity index (χ1v) is 9.83. The average Bonchev–Trinajstić information content (AvgIpc) is 2.52. The van der Waals surface area contributed by atoms with Gasteiger partial charge in [-0.3, -0.25) is 13.9 Å². The van der Waals surface area contributed by atoms with Gasteiger partial charge in [0.15, 0.2) is 0 Å². The molecule has 0 aliphatic rings. The fourth-order valence-corrected chi connectivity index (χ4v) is 3.67. The van der Waals surface area contributed by atoms with Crippen molar-refractivity contribution in [1.82, 2.24) is 9.97 Å². The highest BCUT2D eigenvalue weighted by Crippen LogP contribution is 2.19. The third-order valence-corrected chi connectivity index (χ3v) is 5.15. The second kappa shape index (κ2) is 7.69. The van der Waals surface area contributed by atoms with Gasteiger partial charge in [0.05, 0.1) is 18.4 Å². The number of aromatic amines is 1. The van der Waals surface area contributed by atoms with E-state index in [1.165, 1.54) is 4.31 Å². The number of hydrogen-bond acceptors (Lipinski definition) is 5. The maximum atomic E-state index is 12.0. The van der Waals surface area contributed by atoms with E-state index in [0.29, 0.717) is 30.2 Å². The maximum absolute atomic E-state index is 12.0. The number of benzene rings is 1. The lowest BCUT2D eigenvalue weighted by atomic mass is 10.1. The lowest BCUT2D eigenvalue weighted by Crippen LogP contribution is -2.29. The number of anilines is 1. The molecule has 0 unspecified atom stereocenters. The summed E-state index contributed by atoms with van der Waals surface area (Å²) in [5.74, 6) is -0.667. The Hall–Kier alpha value is -2.68. The molecule has 1 aromatic carbocycles. The first-order chi connectivity index (χ1) is 12.1. The Bertz CT molecular complexity index is 965. The number of nitrogens with zero attached hydrogens (tertiary/aromatic N) is 2. The molecular weight excluding hydrogens is 358 g/mol. The monoisotopic (exact) mass is 379 g/mol. The molecule has 9 heteroatoms. The molecule has 0 fully saturated rings. The number of aliphatic carboxylic acids is 1. The van der Waals surface area contributed by atoms with Crippen molar-refractivity contribution in [2.75, 3.05) is 17.1 Å². The van der Waals surface area contributed by atoms with Crippen molar-refractivity contribution in [1.29, 1.82) is 0 Å². The molecule has 0 saturated carbocycles. The zero-order valence-electron chi connectivity index (χ0n) is 14.8. The molecule has 0 aliphatic heterocycles. The molecule has 0 saturated heterocycles. The van der Waals surface area contributed by atoms with Crippen LogP contribution in [0.3, 0.4) is 0 Å². The van der Waals surface area contributed by atoms with Gasteiger partial charge in [-0.25, -0.2) is 13.4 Å². The summed E-state index contributed by atoms with van der Waals surface area (Å²) in [5.41, 5.74) is 1.47. The number of rotatable bonds is 7. The molecule has 2 aromatic rings. The molecule has 2 N–H and O–H groups in total. The van der Waals surface area contributed by atoms with E-state index in [1.807, 2.05) is 0 Å². The molecule has 26 heavy (non-hydrogen) atoms. The van der Waals surface area contributed by atoms with E-state index in [0.717, 1.165) is 11.8 Å². The van der Waals surface area contributed by atoms with Gasteiger partial charge in [-0.05, 0) is 31.5 Å². The SMILES string of the molecule is CCN(c1ccc(Cc2nc(C)c(CC(=O)O)c(=O)[nH]2)cc1)S(C)(=O)=O. The lowest BCUT2D eigenvalue weighted by Gasteiger charge is -2.20. The maximum Gasteiger partial charge on any atom is 0.308 e. The van der Waals surface area contributed by atoms with Gasteiger partial charge in [0.1, 0.15) is 5.82 Å². The predicted octanol–water partition coefficient (Wildman–Crippen LogP) is 1.08. The van der Waals surface area contributed by atoms with Crippen LogP contribution in [0.25, 0.3) is 0 Å². The van der Waals surface area contributed by atoms with Crippen LogP contribution in [-0.4, -0.2) is 42.3 Å². The summed E-state index contributed by atoms with van der Waals surface area (Å²) in [6, 6.07) is 6.93. The summed E-state index contributed by atoms with van der Waals surface area (Å²) in [7, 11) is -3.34. The van der Waals surface area contributed by atoms with E-state index in [9.17, 15) is 18.0 Å². The Morgan fingerprint density at radius 3 is 2.35 bits per heavy atom. The molecule has 0 bridgehead atoms. The highest BCUT2D eigenvalue weighted by molar-refractivity contribution is 7.92. The Balaban J connectivity index is 2.24. The average molecular weight is 379 g/mol. The van der Waals surface area contributed by atoms with Crippen molar-refractivity contribution in [2.45, 2.75) is 26.7 Å². The van der Waals surface area contributed by atoms with Crippen molar-refractivity contribution >= 4 is 21.7 Å². The number of aromatic nitrogens is 2. The van der Waals surface area contributed by atoms with Crippen LogP contribution in [0.2, 0.25) is 0 Å². The molecule has 0 atom stereocenters.